The number of imidazole rings is 1. The van der Waals surface area contributed by atoms with Crippen molar-refractivity contribution in [2.24, 2.45) is 0 Å². The van der Waals surface area contributed by atoms with Crippen LogP contribution in [0.1, 0.15) is 17.9 Å². The fourth-order valence-electron chi connectivity index (χ4n) is 2.15. The van der Waals surface area contributed by atoms with Crippen molar-refractivity contribution in [1.82, 2.24) is 9.97 Å². The monoisotopic (exact) mass is 243 g/mol. The second-order valence-corrected chi connectivity index (χ2v) is 4.15. The first-order chi connectivity index (χ1) is 8.84. The standard InChI is InChI=1S/C13H13N3O2/c17-12(16-13-14-6-7-15-13)10-5-8-18-11-4-2-1-3-9(10)11/h1-4,6-7,10H,5,8H2,(H2,14,15,16,17). The maximum atomic E-state index is 12.2. The average molecular weight is 243 g/mol. The molecule has 0 saturated heterocycles. The number of carbonyl (C=O) groups excluding carboxylic acids is 1. The highest BCUT2D eigenvalue weighted by atomic mass is 16.5. The Morgan fingerprint density at radius 3 is 3.17 bits per heavy atom. The molecule has 3 rings (SSSR count). The summed E-state index contributed by atoms with van der Waals surface area (Å²) >= 11 is 0. The first kappa shape index (κ1) is 10.8. The summed E-state index contributed by atoms with van der Waals surface area (Å²) < 4.78 is 5.54. The molecule has 0 fully saturated rings. The Labute approximate surface area is 104 Å². The molecule has 92 valence electrons. The number of carbonyl (C=O) groups is 1. The van der Waals surface area contributed by atoms with Gasteiger partial charge in [-0.3, -0.25) is 10.1 Å². The predicted octanol–water partition coefficient (Wildman–Crippen LogP) is 1.91. The molecule has 5 heteroatoms. The van der Waals surface area contributed by atoms with Crippen molar-refractivity contribution in [2.75, 3.05) is 11.9 Å². The number of ether oxygens (including phenoxy) is 1. The normalized spacial score (nSPS) is 17.7. The smallest absolute Gasteiger partial charge is 0.234 e. The zero-order chi connectivity index (χ0) is 12.4. The van der Waals surface area contributed by atoms with Crippen molar-refractivity contribution in [3.05, 3.63) is 42.2 Å². The number of nitrogens with one attached hydrogen (secondary N) is 2. The molecular weight excluding hydrogens is 230 g/mol. The van der Waals surface area contributed by atoms with Gasteiger partial charge in [0.15, 0.2) is 0 Å². The van der Waals surface area contributed by atoms with Crippen LogP contribution in [0.4, 0.5) is 5.95 Å². The first-order valence-electron chi connectivity index (χ1n) is 5.86. The lowest BCUT2D eigenvalue weighted by Crippen LogP contribution is -2.26. The predicted molar refractivity (Wildman–Crippen MR) is 66.5 cm³/mol. The van der Waals surface area contributed by atoms with Gasteiger partial charge in [-0.2, -0.15) is 0 Å². The molecule has 1 aliphatic rings. The molecule has 1 unspecified atom stereocenters. The van der Waals surface area contributed by atoms with Gasteiger partial charge < -0.3 is 9.72 Å². The molecule has 0 spiro atoms. The number of para-hydroxylation sites is 1. The molecule has 0 saturated carbocycles. The minimum absolute atomic E-state index is 0.0549. The van der Waals surface area contributed by atoms with E-state index >= 15 is 0 Å². The molecule has 2 aromatic rings. The highest BCUT2D eigenvalue weighted by Gasteiger charge is 2.27. The lowest BCUT2D eigenvalue weighted by Gasteiger charge is -2.24. The summed E-state index contributed by atoms with van der Waals surface area (Å²) in [6.45, 7) is 0.563. The molecule has 2 heterocycles. The number of amides is 1. The molecule has 18 heavy (non-hydrogen) atoms. The van der Waals surface area contributed by atoms with E-state index in [0.717, 1.165) is 11.3 Å². The molecule has 5 nitrogen and oxygen atoms in total. The Morgan fingerprint density at radius 2 is 2.33 bits per heavy atom. The molecule has 0 radical (unpaired) electrons. The number of hydrogen-bond acceptors (Lipinski definition) is 3. The maximum Gasteiger partial charge on any atom is 0.234 e. The topological polar surface area (TPSA) is 67.0 Å². The Balaban J connectivity index is 1.83. The molecule has 1 amide bonds. The van der Waals surface area contributed by atoms with Crippen LogP contribution in [0.3, 0.4) is 0 Å². The molecule has 0 bridgehead atoms. The molecule has 1 aliphatic heterocycles. The van der Waals surface area contributed by atoms with Crippen molar-refractivity contribution in [1.29, 1.82) is 0 Å². The lowest BCUT2D eigenvalue weighted by molar-refractivity contribution is -0.118. The molecule has 2 N–H and O–H groups in total. The average Bonchev–Trinajstić information content (AvgIpc) is 2.91. The summed E-state index contributed by atoms with van der Waals surface area (Å²) in [5.41, 5.74) is 0.938. The van der Waals surface area contributed by atoms with E-state index in [9.17, 15) is 4.79 Å². The molecule has 1 aromatic heterocycles. The Hall–Kier alpha value is -2.30. The second kappa shape index (κ2) is 4.52. The Bertz CT molecular complexity index is 551. The van der Waals surface area contributed by atoms with Gasteiger partial charge in [-0.05, 0) is 12.5 Å². The third kappa shape index (κ3) is 1.95. The highest BCUT2D eigenvalue weighted by Crippen LogP contribution is 2.33. The fraction of sp³-hybridized carbons (Fsp3) is 0.231. The van der Waals surface area contributed by atoms with E-state index in [1.165, 1.54) is 0 Å². The van der Waals surface area contributed by atoms with E-state index in [4.69, 9.17) is 4.74 Å². The second-order valence-electron chi connectivity index (χ2n) is 4.15. The molecule has 1 atom stereocenters. The summed E-state index contributed by atoms with van der Waals surface area (Å²) in [4.78, 5) is 19.0. The number of H-pyrrole nitrogens is 1. The van der Waals surface area contributed by atoms with Crippen LogP contribution >= 0.6 is 0 Å². The van der Waals surface area contributed by atoms with Crippen LogP contribution in [0.5, 0.6) is 5.75 Å². The van der Waals surface area contributed by atoms with E-state index in [0.29, 0.717) is 19.0 Å². The van der Waals surface area contributed by atoms with Crippen molar-refractivity contribution >= 4 is 11.9 Å². The zero-order valence-electron chi connectivity index (χ0n) is 9.72. The largest absolute Gasteiger partial charge is 0.493 e. The van der Waals surface area contributed by atoms with E-state index in [-0.39, 0.29) is 11.8 Å². The van der Waals surface area contributed by atoms with Crippen LogP contribution in [-0.4, -0.2) is 22.5 Å². The molecule has 0 aliphatic carbocycles. The first-order valence-corrected chi connectivity index (χ1v) is 5.86. The summed E-state index contributed by atoms with van der Waals surface area (Å²) in [6.07, 6.45) is 3.96. The van der Waals surface area contributed by atoms with Gasteiger partial charge in [0, 0.05) is 18.0 Å². The third-order valence-corrected chi connectivity index (χ3v) is 3.01. The number of anilines is 1. The van der Waals surface area contributed by atoms with Crippen molar-refractivity contribution in [2.45, 2.75) is 12.3 Å². The van der Waals surface area contributed by atoms with Gasteiger partial charge in [-0.15, -0.1) is 0 Å². The van der Waals surface area contributed by atoms with Gasteiger partial charge in [0.25, 0.3) is 0 Å². The minimum Gasteiger partial charge on any atom is -0.493 e. The van der Waals surface area contributed by atoms with Gasteiger partial charge in [0.1, 0.15) is 5.75 Å². The van der Waals surface area contributed by atoms with Gasteiger partial charge in [0.05, 0.1) is 12.5 Å². The van der Waals surface area contributed by atoms with Crippen LogP contribution in [0.2, 0.25) is 0 Å². The number of hydrogen-bond donors (Lipinski definition) is 2. The van der Waals surface area contributed by atoms with E-state index in [1.807, 2.05) is 24.3 Å². The summed E-state index contributed by atoms with van der Waals surface area (Å²) in [6, 6.07) is 7.65. The number of nitrogens with zero attached hydrogens (tertiary/aromatic N) is 1. The van der Waals surface area contributed by atoms with Crippen LogP contribution in [0.15, 0.2) is 36.7 Å². The Kier molecular flexibility index (Phi) is 2.72. The highest BCUT2D eigenvalue weighted by molar-refractivity contribution is 5.95. The SMILES string of the molecule is O=C(Nc1ncc[nH]1)C1CCOc2ccccc21. The van der Waals surface area contributed by atoms with Crippen LogP contribution < -0.4 is 10.1 Å². The van der Waals surface area contributed by atoms with Crippen molar-refractivity contribution in [3.8, 4) is 5.75 Å². The number of benzene rings is 1. The van der Waals surface area contributed by atoms with Gasteiger partial charge in [-0.1, -0.05) is 18.2 Å². The lowest BCUT2D eigenvalue weighted by atomic mass is 9.92. The minimum atomic E-state index is -0.181. The summed E-state index contributed by atoms with van der Waals surface area (Å²) in [5.74, 6) is 1.04. The van der Waals surface area contributed by atoms with Gasteiger partial charge in [0.2, 0.25) is 11.9 Å². The van der Waals surface area contributed by atoms with Gasteiger partial charge >= 0.3 is 0 Å². The number of aromatic nitrogens is 2. The van der Waals surface area contributed by atoms with E-state index in [2.05, 4.69) is 15.3 Å². The molecule has 1 aromatic carbocycles. The number of fused-ring (bicyclic) bond motifs is 1. The van der Waals surface area contributed by atoms with Gasteiger partial charge in [-0.25, -0.2) is 4.98 Å². The van der Waals surface area contributed by atoms with Crippen LogP contribution in [0.25, 0.3) is 0 Å². The summed E-state index contributed by atoms with van der Waals surface area (Å²) in [7, 11) is 0. The number of aromatic amines is 1. The van der Waals surface area contributed by atoms with Crippen molar-refractivity contribution in [3.63, 3.8) is 0 Å². The van der Waals surface area contributed by atoms with Crippen LogP contribution in [-0.2, 0) is 4.79 Å². The summed E-state index contributed by atoms with van der Waals surface area (Å²) in [5, 5.41) is 2.77. The van der Waals surface area contributed by atoms with Crippen LogP contribution in [0, 0.1) is 0 Å². The number of rotatable bonds is 2. The zero-order valence-corrected chi connectivity index (χ0v) is 9.72. The van der Waals surface area contributed by atoms with E-state index < -0.39 is 0 Å². The Morgan fingerprint density at radius 1 is 1.44 bits per heavy atom. The maximum absolute atomic E-state index is 12.2. The van der Waals surface area contributed by atoms with Crippen molar-refractivity contribution < 1.29 is 9.53 Å². The molecular formula is C13H13N3O2. The fourth-order valence-corrected chi connectivity index (χ4v) is 2.15. The third-order valence-electron chi connectivity index (χ3n) is 3.01. The quantitative estimate of drug-likeness (QED) is 0.846. The van der Waals surface area contributed by atoms with E-state index in [1.54, 1.807) is 12.4 Å².